The summed E-state index contributed by atoms with van der Waals surface area (Å²) in [6.45, 7) is 2.23. The number of nitrogens with two attached hydrogens (primary N) is 1. The predicted molar refractivity (Wildman–Crippen MR) is 85.1 cm³/mol. The fourth-order valence-corrected chi connectivity index (χ4v) is 2.27. The van der Waals surface area contributed by atoms with Crippen molar-refractivity contribution in [1.29, 1.82) is 0 Å². The summed E-state index contributed by atoms with van der Waals surface area (Å²) in [5.74, 6) is 1.84. The Bertz CT molecular complexity index is 470. The van der Waals surface area contributed by atoms with Gasteiger partial charge >= 0.3 is 0 Å². The molecule has 0 fully saturated rings. The molecule has 2 aromatic carbocycles. The molecule has 0 aromatic heterocycles. The molecular formula is C18H24NO2+. The van der Waals surface area contributed by atoms with Gasteiger partial charge in [-0.1, -0.05) is 24.3 Å². The first kappa shape index (κ1) is 15.4. The number of quaternary nitrogens is 1. The molecule has 0 amide bonds. The van der Waals surface area contributed by atoms with Gasteiger partial charge in [-0.15, -0.1) is 0 Å². The Morgan fingerprint density at radius 1 is 0.667 bits per heavy atom. The Balaban J connectivity index is 1.64. The number of hydrogen-bond acceptors (Lipinski definition) is 2. The highest BCUT2D eigenvalue weighted by Crippen LogP contribution is 2.11. The first-order valence-electron chi connectivity index (χ1n) is 7.39. The molecule has 0 saturated heterocycles. The van der Waals surface area contributed by atoms with Gasteiger partial charge in [-0.25, -0.2) is 0 Å². The van der Waals surface area contributed by atoms with Crippen LogP contribution >= 0.6 is 0 Å². The first-order chi connectivity index (χ1) is 10.3. The van der Waals surface area contributed by atoms with Crippen molar-refractivity contribution in [2.24, 2.45) is 0 Å². The van der Waals surface area contributed by atoms with Gasteiger partial charge in [0.05, 0.1) is 27.3 Å². The average Bonchev–Trinajstić information content (AvgIpc) is 2.55. The van der Waals surface area contributed by atoms with Crippen LogP contribution in [-0.2, 0) is 12.8 Å². The summed E-state index contributed by atoms with van der Waals surface area (Å²) >= 11 is 0. The van der Waals surface area contributed by atoms with Crippen LogP contribution in [0.4, 0.5) is 0 Å². The monoisotopic (exact) mass is 286 g/mol. The molecule has 3 heteroatoms. The third kappa shape index (κ3) is 5.12. The normalized spacial score (nSPS) is 10.4. The van der Waals surface area contributed by atoms with Gasteiger partial charge < -0.3 is 14.8 Å². The molecule has 0 unspecified atom stereocenters. The lowest BCUT2D eigenvalue weighted by atomic mass is 10.1. The number of rotatable bonds is 8. The average molecular weight is 286 g/mol. The summed E-state index contributed by atoms with van der Waals surface area (Å²) in [5, 5.41) is 2.37. The molecule has 0 atom stereocenters. The number of hydrogen-bond donors (Lipinski definition) is 1. The molecule has 0 aliphatic heterocycles. The molecule has 0 bridgehead atoms. The van der Waals surface area contributed by atoms with E-state index in [2.05, 4.69) is 29.6 Å². The molecule has 0 radical (unpaired) electrons. The van der Waals surface area contributed by atoms with E-state index in [1.54, 1.807) is 14.2 Å². The topological polar surface area (TPSA) is 35.1 Å². The molecule has 0 heterocycles. The third-order valence-electron chi connectivity index (χ3n) is 3.59. The minimum atomic E-state index is 0.919. The Morgan fingerprint density at radius 2 is 1.05 bits per heavy atom. The van der Waals surface area contributed by atoms with Crippen LogP contribution < -0.4 is 14.8 Å². The Labute approximate surface area is 126 Å². The quantitative estimate of drug-likeness (QED) is 0.754. The van der Waals surface area contributed by atoms with Crippen molar-refractivity contribution in [3.63, 3.8) is 0 Å². The van der Waals surface area contributed by atoms with E-state index < -0.39 is 0 Å². The molecule has 2 N–H and O–H groups in total. The summed E-state index contributed by atoms with van der Waals surface area (Å²) in [6, 6.07) is 16.6. The fourth-order valence-electron chi connectivity index (χ4n) is 2.27. The molecule has 0 aliphatic carbocycles. The van der Waals surface area contributed by atoms with Crippen LogP contribution in [0.5, 0.6) is 11.5 Å². The van der Waals surface area contributed by atoms with Gasteiger partial charge in [-0.2, -0.15) is 0 Å². The minimum absolute atomic E-state index is 0.919. The maximum Gasteiger partial charge on any atom is 0.118 e. The largest absolute Gasteiger partial charge is 0.497 e. The second-order valence-electron chi connectivity index (χ2n) is 5.06. The van der Waals surface area contributed by atoms with Crippen LogP contribution in [0, 0.1) is 0 Å². The molecule has 2 aromatic rings. The van der Waals surface area contributed by atoms with Gasteiger partial charge in [0.1, 0.15) is 11.5 Å². The van der Waals surface area contributed by atoms with E-state index in [9.17, 15) is 0 Å². The van der Waals surface area contributed by atoms with E-state index in [0.717, 1.165) is 37.4 Å². The van der Waals surface area contributed by atoms with Crippen molar-refractivity contribution in [3.05, 3.63) is 59.7 Å². The highest BCUT2D eigenvalue weighted by atomic mass is 16.5. The van der Waals surface area contributed by atoms with Crippen molar-refractivity contribution in [3.8, 4) is 11.5 Å². The van der Waals surface area contributed by atoms with E-state index in [0.29, 0.717) is 0 Å². The number of benzene rings is 2. The molecule has 2 rings (SSSR count). The van der Waals surface area contributed by atoms with Crippen LogP contribution in [0.25, 0.3) is 0 Å². The summed E-state index contributed by atoms with van der Waals surface area (Å²) in [7, 11) is 3.39. The Kier molecular flexibility index (Phi) is 6.10. The van der Waals surface area contributed by atoms with E-state index in [4.69, 9.17) is 9.47 Å². The standard InChI is InChI=1S/C18H23NO2/c1-20-17-7-3-15(4-8-17)11-13-19-14-12-16-5-9-18(21-2)10-6-16/h3-10,19H,11-14H2,1-2H3/p+1. The van der Waals surface area contributed by atoms with Crippen LogP contribution in [0.3, 0.4) is 0 Å². The van der Waals surface area contributed by atoms with Crippen molar-refractivity contribution < 1.29 is 14.8 Å². The zero-order valence-electron chi connectivity index (χ0n) is 12.8. The SMILES string of the molecule is COc1ccc(CC[NH2+]CCc2ccc(OC)cc2)cc1. The first-order valence-corrected chi connectivity index (χ1v) is 7.39. The van der Waals surface area contributed by atoms with E-state index in [1.807, 2.05) is 24.3 Å². The third-order valence-corrected chi connectivity index (χ3v) is 3.59. The minimum Gasteiger partial charge on any atom is -0.497 e. The maximum atomic E-state index is 5.16. The molecular weight excluding hydrogens is 262 g/mol. The van der Waals surface area contributed by atoms with E-state index in [-0.39, 0.29) is 0 Å². The number of ether oxygens (including phenoxy) is 2. The molecule has 21 heavy (non-hydrogen) atoms. The zero-order chi connectivity index (χ0) is 14.9. The summed E-state index contributed by atoms with van der Waals surface area (Å²) in [6.07, 6.45) is 2.18. The summed E-state index contributed by atoms with van der Waals surface area (Å²) in [5.41, 5.74) is 2.72. The molecule has 0 aliphatic rings. The highest BCUT2D eigenvalue weighted by Gasteiger charge is 1.98. The highest BCUT2D eigenvalue weighted by molar-refractivity contribution is 5.27. The van der Waals surface area contributed by atoms with E-state index >= 15 is 0 Å². The van der Waals surface area contributed by atoms with Crippen molar-refractivity contribution in [1.82, 2.24) is 0 Å². The molecule has 3 nitrogen and oxygen atoms in total. The second kappa shape index (κ2) is 8.32. The molecule has 0 spiro atoms. The van der Waals surface area contributed by atoms with Gasteiger partial charge in [0, 0.05) is 12.8 Å². The van der Waals surface area contributed by atoms with Crippen LogP contribution in [0.2, 0.25) is 0 Å². The van der Waals surface area contributed by atoms with E-state index in [1.165, 1.54) is 11.1 Å². The second-order valence-corrected chi connectivity index (χ2v) is 5.06. The van der Waals surface area contributed by atoms with Crippen molar-refractivity contribution in [2.45, 2.75) is 12.8 Å². The predicted octanol–water partition coefficient (Wildman–Crippen LogP) is 2.05. The van der Waals surface area contributed by atoms with Crippen molar-refractivity contribution in [2.75, 3.05) is 27.3 Å². The fraction of sp³-hybridized carbons (Fsp3) is 0.333. The summed E-state index contributed by atoms with van der Waals surface area (Å²) in [4.78, 5) is 0. The Hall–Kier alpha value is -2.00. The lowest BCUT2D eigenvalue weighted by Crippen LogP contribution is -2.85. The summed E-state index contributed by atoms with van der Waals surface area (Å²) < 4.78 is 10.3. The Morgan fingerprint density at radius 3 is 1.38 bits per heavy atom. The van der Waals surface area contributed by atoms with Gasteiger partial charge in [0.15, 0.2) is 0 Å². The lowest BCUT2D eigenvalue weighted by molar-refractivity contribution is -0.653. The van der Waals surface area contributed by atoms with Crippen LogP contribution in [0.1, 0.15) is 11.1 Å². The van der Waals surface area contributed by atoms with Crippen LogP contribution in [-0.4, -0.2) is 27.3 Å². The van der Waals surface area contributed by atoms with Crippen molar-refractivity contribution >= 4 is 0 Å². The van der Waals surface area contributed by atoms with Crippen LogP contribution in [0.15, 0.2) is 48.5 Å². The lowest BCUT2D eigenvalue weighted by Gasteiger charge is -2.05. The van der Waals surface area contributed by atoms with Gasteiger partial charge in [0.2, 0.25) is 0 Å². The van der Waals surface area contributed by atoms with Gasteiger partial charge in [-0.05, 0) is 35.4 Å². The molecule has 0 saturated carbocycles. The van der Waals surface area contributed by atoms with Gasteiger partial charge in [-0.3, -0.25) is 0 Å². The van der Waals surface area contributed by atoms with Gasteiger partial charge in [0.25, 0.3) is 0 Å². The molecule has 112 valence electrons. The maximum absolute atomic E-state index is 5.16. The number of methoxy groups -OCH3 is 2. The zero-order valence-corrected chi connectivity index (χ0v) is 12.8. The smallest absolute Gasteiger partial charge is 0.118 e.